The number of nitrogens with two attached hydrogens (primary N) is 1. The Labute approximate surface area is 99.7 Å². The first kappa shape index (κ1) is 12.1. The summed E-state index contributed by atoms with van der Waals surface area (Å²) in [5.41, 5.74) is 1.87. The summed E-state index contributed by atoms with van der Waals surface area (Å²) in [4.78, 5) is 7.97. The third-order valence-corrected chi connectivity index (χ3v) is 4.62. The molecule has 0 bridgehead atoms. The van der Waals surface area contributed by atoms with Crippen LogP contribution in [0.25, 0.3) is 0 Å². The molecule has 2 rings (SSSR count). The van der Waals surface area contributed by atoms with Crippen molar-refractivity contribution in [1.29, 1.82) is 0 Å². The van der Waals surface area contributed by atoms with E-state index in [0.717, 1.165) is 0 Å². The van der Waals surface area contributed by atoms with E-state index in [1.807, 2.05) is 6.92 Å². The molecule has 1 saturated heterocycles. The molecule has 1 aromatic rings. The minimum atomic E-state index is -2.94. The molecule has 17 heavy (non-hydrogen) atoms. The Balaban J connectivity index is 2.15. The minimum absolute atomic E-state index is 0.120. The molecule has 4 N–H and O–H groups in total. The van der Waals surface area contributed by atoms with Crippen molar-refractivity contribution in [3.8, 4) is 0 Å². The lowest BCUT2D eigenvalue weighted by Gasteiger charge is -2.24. The second-order valence-corrected chi connectivity index (χ2v) is 6.62. The molecule has 1 aliphatic rings. The van der Waals surface area contributed by atoms with E-state index in [9.17, 15) is 8.42 Å². The van der Waals surface area contributed by atoms with Crippen molar-refractivity contribution in [2.75, 3.05) is 22.2 Å². The van der Waals surface area contributed by atoms with Gasteiger partial charge in [-0.2, -0.15) is 4.98 Å². The highest BCUT2D eigenvalue weighted by molar-refractivity contribution is 7.91. The van der Waals surface area contributed by atoms with E-state index in [1.165, 1.54) is 0 Å². The number of nitrogen functional groups attached to an aromatic ring is 1. The Hall–Kier alpha value is -1.41. The summed E-state index contributed by atoms with van der Waals surface area (Å²) in [5.74, 6) is 6.39. The number of nitrogens with one attached hydrogen (secondary N) is 2. The Morgan fingerprint density at radius 1 is 1.53 bits per heavy atom. The molecule has 1 fully saturated rings. The zero-order chi connectivity index (χ0) is 12.5. The zero-order valence-corrected chi connectivity index (χ0v) is 10.3. The van der Waals surface area contributed by atoms with Crippen LogP contribution < -0.4 is 16.6 Å². The molecule has 0 spiro atoms. The lowest BCUT2D eigenvalue weighted by atomic mass is 10.0. The Morgan fingerprint density at radius 3 is 2.88 bits per heavy atom. The smallest absolute Gasteiger partial charge is 0.239 e. The molecular formula is C9H15N5O2S. The fourth-order valence-corrected chi connectivity index (χ4v) is 4.01. The van der Waals surface area contributed by atoms with Gasteiger partial charge < -0.3 is 5.32 Å². The summed E-state index contributed by atoms with van der Waals surface area (Å²) < 4.78 is 22.9. The van der Waals surface area contributed by atoms with E-state index in [-0.39, 0.29) is 11.5 Å². The molecule has 8 heteroatoms. The van der Waals surface area contributed by atoms with Crippen molar-refractivity contribution >= 4 is 21.6 Å². The summed E-state index contributed by atoms with van der Waals surface area (Å²) in [6, 6.07) is 1.68. The average Bonchev–Trinajstić information content (AvgIpc) is 2.53. The lowest BCUT2D eigenvalue weighted by molar-refractivity contribution is 0.572. The number of sulfone groups is 1. The third kappa shape index (κ3) is 2.83. The number of hydrazine groups is 1. The second kappa shape index (κ2) is 4.11. The molecule has 0 aromatic carbocycles. The third-order valence-electron chi connectivity index (χ3n) is 2.72. The van der Waals surface area contributed by atoms with Gasteiger partial charge in [-0.25, -0.2) is 19.2 Å². The van der Waals surface area contributed by atoms with Gasteiger partial charge in [0.15, 0.2) is 9.84 Å². The Morgan fingerprint density at radius 2 is 2.29 bits per heavy atom. The maximum Gasteiger partial charge on any atom is 0.239 e. The number of rotatable bonds is 3. The first-order valence-corrected chi connectivity index (χ1v) is 7.03. The van der Waals surface area contributed by atoms with Crippen LogP contribution in [0.5, 0.6) is 0 Å². The summed E-state index contributed by atoms with van der Waals surface area (Å²) in [6.45, 7) is 1.87. The minimum Gasteiger partial charge on any atom is -0.364 e. The van der Waals surface area contributed by atoms with Gasteiger partial charge in [-0.05, 0) is 19.4 Å². The van der Waals surface area contributed by atoms with E-state index >= 15 is 0 Å². The van der Waals surface area contributed by atoms with Gasteiger partial charge in [0.1, 0.15) is 5.82 Å². The highest BCUT2D eigenvalue weighted by Crippen LogP contribution is 2.26. The van der Waals surface area contributed by atoms with Crippen molar-refractivity contribution in [3.05, 3.63) is 12.3 Å². The number of hydrogen-bond donors (Lipinski definition) is 3. The van der Waals surface area contributed by atoms with E-state index in [1.54, 1.807) is 12.3 Å². The molecule has 94 valence electrons. The fourth-order valence-electron chi connectivity index (χ4n) is 1.92. The predicted molar refractivity (Wildman–Crippen MR) is 65.1 cm³/mol. The molecular weight excluding hydrogens is 242 g/mol. The number of hydrogen-bond acceptors (Lipinski definition) is 7. The van der Waals surface area contributed by atoms with Crippen molar-refractivity contribution < 1.29 is 8.42 Å². The Kier molecular flexibility index (Phi) is 2.92. The average molecular weight is 257 g/mol. The maximum atomic E-state index is 11.5. The van der Waals surface area contributed by atoms with Gasteiger partial charge in [-0.15, -0.1) is 0 Å². The van der Waals surface area contributed by atoms with Crippen LogP contribution in [-0.2, 0) is 9.84 Å². The summed E-state index contributed by atoms with van der Waals surface area (Å²) >= 11 is 0. The molecule has 1 aromatic heterocycles. The van der Waals surface area contributed by atoms with Crippen LogP contribution in [-0.4, -0.2) is 35.4 Å². The first-order valence-electron chi connectivity index (χ1n) is 5.21. The molecule has 0 saturated carbocycles. The molecule has 1 atom stereocenters. The van der Waals surface area contributed by atoms with Crippen molar-refractivity contribution in [2.45, 2.75) is 18.9 Å². The van der Waals surface area contributed by atoms with Crippen LogP contribution in [0.15, 0.2) is 12.3 Å². The maximum absolute atomic E-state index is 11.5. The zero-order valence-electron chi connectivity index (χ0n) is 9.47. The van der Waals surface area contributed by atoms with Gasteiger partial charge >= 0.3 is 0 Å². The number of aromatic nitrogens is 2. The standard InChI is InChI=1S/C9H15N5O2S/c1-9(3-5-17(15,16)6-9)13-7-2-4-11-8(12-7)14-10/h2,4H,3,5-6,10H2,1H3,(H2,11,12,13,14). The van der Waals surface area contributed by atoms with E-state index in [0.29, 0.717) is 18.2 Å². The van der Waals surface area contributed by atoms with Gasteiger partial charge in [-0.3, -0.25) is 5.43 Å². The monoisotopic (exact) mass is 257 g/mol. The highest BCUT2D eigenvalue weighted by atomic mass is 32.2. The molecule has 7 nitrogen and oxygen atoms in total. The lowest BCUT2D eigenvalue weighted by Crippen LogP contribution is -2.36. The van der Waals surface area contributed by atoms with Gasteiger partial charge in [-0.1, -0.05) is 0 Å². The molecule has 0 amide bonds. The Bertz CT molecular complexity index is 518. The summed E-state index contributed by atoms with van der Waals surface area (Å²) in [6.07, 6.45) is 2.13. The van der Waals surface area contributed by atoms with Gasteiger partial charge in [0.25, 0.3) is 0 Å². The SMILES string of the molecule is CC1(Nc2ccnc(NN)n2)CCS(=O)(=O)C1. The topological polar surface area (TPSA) is 110 Å². The van der Waals surface area contributed by atoms with Crippen molar-refractivity contribution in [1.82, 2.24) is 9.97 Å². The number of nitrogens with zero attached hydrogens (tertiary/aromatic N) is 2. The second-order valence-electron chi connectivity index (χ2n) is 4.44. The van der Waals surface area contributed by atoms with E-state index in [2.05, 4.69) is 20.7 Å². The van der Waals surface area contributed by atoms with Gasteiger partial charge in [0, 0.05) is 6.20 Å². The first-order chi connectivity index (χ1) is 7.92. The number of anilines is 2. The van der Waals surface area contributed by atoms with Crippen molar-refractivity contribution in [2.24, 2.45) is 5.84 Å². The van der Waals surface area contributed by atoms with Crippen LogP contribution in [0.1, 0.15) is 13.3 Å². The molecule has 0 aliphatic carbocycles. The van der Waals surface area contributed by atoms with Crippen LogP contribution in [0.4, 0.5) is 11.8 Å². The largest absolute Gasteiger partial charge is 0.364 e. The van der Waals surface area contributed by atoms with Gasteiger partial charge in [0.2, 0.25) is 5.95 Å². The van der Waals surface area contributed by atoms with Crippen LogP contribution in [0.3, 0.4) is 0 Å². The molecule has 2 heterocycles. The van der Waals surface area contributed by atoms with Gasteiger partial charge in [0.05, 0.1) is 17.0 Å². The fraction of sp³-hybridized carbons (Fsp3) is 0.556. The molecule has 0 radical (unpaired) electrons. The highest BCUT2D eigenvalue weighted by Gasteiger charge is 2.38. The quantitative estimate of drug-likeness (QED) is 0.506. The summed E-state index contributed by atoms with van der Waals surface area (Å²) in [7, 11) is -2.94. The van der Waals surface area contributed by atoms with Crippen LogP contribution >= 0.6 is 0 Å². The normalized spacial score (nSPS) is 26.7. The molecule has 1 unspecified atom stereocenters. The van der Waals surface area contributed by atoms with E-state index in [4.69, 9.17) is 5.84 Å². The van der Waals surface area contributed by atoms with E-state index < -0.39 is 15.4 Å². The van der Waals surface area contributed by atoms with Crippen molar-refractivity contribution in [3.63, 3.8) is 0 Å². The van der Waals surface area contributed by atoms with Crippen LogP contribution in [0, 0.1) is 0 Å². The van der Waals surface area contributed by atoms with Crippen LogP contribution in [0.2, 0.25) is 0 Å². The predicted octanol–water partition coefficient (Wildman–Crippen LogP) is -0.249. The molecule has 1 aliphatic heterocycles. The summed E-state index contributed by atoms with van der Waals surface area (Å²) in [5, 5.41) is 3.12.